The molecule has 8 nitrogen and oxygen atoms in total. The molecule has 1 spiro atoms. The first-order valence-electron chi connectivity index (χ1n) is 14.7. The van der Waals surface area contributed by atoms with Crippen LogP contribution < -0.4 is 15.4 Å². The van der Waals surface area contributed by atoms with Gasteiger partial charge in [0, 0.05) is 49.2 Å². The summed E-state index contributed by atoms with van der Waals surface area (Å²) in [6.45, 7) is 7.67. The molecule has 0 bridgehead atoms. The molecule has 4 aliphatic heterocycles. The lowest BCUT2D eigenvalue weighted by Crippen LogP contribution is -2.55. The number of nitrogens with two attached hydrogens (primary N) is 1. The Morgan fingerprint density at radius 1 is 1.26 bits per heavy atom. The molecule has 1 saturated carbocycles. The topological polar surface area (TPSA) is 101 Å². The number of alkyl halides is 1. The summed E-state index contributed by atoms with van der Waals surface area (Å²) in [4.78, 5) is 14.5. The Morgan fingerprint density at radius 2 is 2.13 bits per heavy atom. The van der Waals surface area contributed by atoms with Crippen molar-refractivity contribution in [3.05, 3.63) is 34.7 Å². The molecule has 7 rings (SSSR count). The van der Waals surface area contributed by atoms with Crippen LogP contribution in [0.4, 0.5) is 10.2 Å². The van der Waals surface area contributed by atoms with Gasteiger partial charge in [-0.3, -0.25) is 4.90 Å². The lowest BCUT2D eigenvalue weighted by atomic mass is 9.58. The number of aromatic nitrogens is 2. The molecule has 9 heteroatoms. The van der Waals surface area contributed by atoms with Crippen molar-refractivity contribution in [1.82, 2.24) is 14.9 Å². The Kier molecular flexibility index (Phi) is 5.94. The van der Waals surface area contributed by atoms with E-state index in [0.29, 0.717) is 61.8 Å². The molecule has 208 valence electrons. The van der Waals surface area contributed by atoms with Crippen LogP contribution >= 0.6 is 0 Å². The number of nitrogens with zero attached hydrogens (tertiary/aromatic N) is 5. The highest BCUT2D eigenvalue weighted by Crippen LogP contribution is 2.53. The van der Waals surface area contributed by atoms with Gasteiger partial charge >= 0.3 is 6.01 Å². The molecule has 2 N–H and O–H groups in total. The summed E-state index contributed by atoms with van der Waals surface area (Å²) in [6.07, 6.45) is 9.42. The van der Waals surface area contributed by atoms with Gasteiger partial charge in [-0.15, -0.1) is 0 Å². The quantitative estimate of drug-likeness (QED) is 0.623. The molecule has 0 radical (unpaired) electrons. The summed E-state index contributed by atoms with van der Waals surface area (Å²) in [5, 5.41) is 10.1. The second kappa shape index (κ2) is 9.17. The number of anilines is 1. The van der Waals surface area contributed by atoms with Gasteiger partial charge in [-0.05, 0) is 63.5 Å². The average Bonchev–Trinajstić information content (AvgIpc) is 3.44. The van der Waals surface area contributed by atoms with E-state index in [1.807, 2.05) is 6.08 Å². The second-order valence-corrected chi connectivity index (χ2v) is 12.9. The lowest BCUT2D eigenvalue weighted by molar-refractivity contribution is -0.136. The summed E-state index contributed by atoms with van der Waals surface area (Å²) in [7, 11) is 0. The number of nitriles is 1. The molecule has 1 aromatic heterocycles. The molecular weight excluding hydrogens is 495 g/mol. The third-order valence-corrected chi connectivity index (χ3v) is 10.7. The molecule has 3 saturated heterocycles. The van der Waals surface area contributed by atoms with Crippen molar-refractivity contribution in [2.45, 2.75) is 88.8 Å². The van der Waals surface area contributed by atoms with Gasteiger partial charge < -0.3 is 20.1 Å². The maximum Gasteiger partial charge on any atom is 0.318 e. The van der Waals surface area contributed by atoms with Gasteiger partial charge in [-0.2, -0.15) is 15.2 Å². The molecule has 6 aliphatic rings. The molecule has 0 aromatic carbocycles. The summed E-state index contributed by atoms with van der Waals surface area (Å²) in [6, 6.07) is 3.21. The van der Waals surface area contributed by atoms with Crippen LogP contribution in [0.3, 0.4) is 0 Å². The number of hydrogen-bond acceptors (Lipinski definition) is 8. The predicted octanol–water partition coefficient (Wildman–Crippen LogP) is 3.81. The third-order valence-electron chi connectivity index (χ3n) is 10.7. The highest BCUT2D eigenvalue weighted by Gasteiger charge is 2.54. The van der Waals surface area contributed by atoms with Crippen LogP contribution in [-0.4, -0.2) is 64.5 Å². The van der Waals surface area contributed by atoms with Gasteiger partial charge in [0.1, 0.15) is 18.6 Å². The molecule has 39 heavy (non-hydrogen) atoms. The molecular formula is C30H39FN6O2. The minimum atomic E-state index is -0.797. The number of allylic oxidation sites excluding steroid dienone is 2. The fourth-order valence-electron chi connectivity index (χ4n) is 8.35. The van der Waals surface area contributed by atoms with E-state index in [2.05, 4.69) is 35.8 Å². The van der Waals surface area contributed by atoms with Crippen LogP contribution in [0.2, 0.25) is 0 Å². The summed E-state index contributed by atoms with van der Waals surface area (Å²) in [5.41, 5.74) is 8.72. The standard InChI is InChI=1S/C30H39FN6O2/c1-18-6-9-30(26-21(18)4-5-24(33)22(26)14-32)13-25-23(16-39-30)27(37-11-7-19(37)2)35-28(34-25)38-17-29-8-3-10-36(29)15-20(31)12-29/h4-5,18-21,26H,3,6-13,15-17,33H2,1-2H3. The maximum atomic E-state index is 14.4. The number of fused-ring (bicyclic) bond motifs is 4. The predicted molar refractivity (Wildman–Crippen MR) is 145 cm³/mol. The molecule has 7 unspecified atom stereocenters. The van der Waals surface area contributed by atoms with Crippen LogP contribution in [0.1, 0.15) is 63.6 Å². The van der Waals surface area contributed by atoms with Gasteiger partial charge in [-0.25, -0.2) is 4.39 Å². The van der Waals surface area contributed by atoms with Crippen LogP contribution in [0.25, 0.3) is 0 Å². The zero-order valence-electron chi connectivity index (χ0n) is 23.0. The first kappa shape index (κ1) is 25.3. The average molecular weight is 535 g/mol. The van der Waals surface area contributed by atoms with Crippen LogP contribution in [0.5, 0.6) is 6.01 Å². The van der Waals surface area contributed by atoms with Gasteiger partial charge in [0.25, 0.3) is 0 Å². The SMILES string of the molecule is CC1CCC2(Cc3nc(OCC45CCCN4CC(F)C5)nc(N4CCC4C)c3CO2)C2C(C#N)=C(N)C=CC12. The molecule has 0 amide bonds. The zero-order valence-corrected chi connectivity index (χ0v) is 23.0. The number of halogens is 1. The first-order valence-corrected chi connectivity index (χ1v) is 14.7. The van der Waals surface area contributed by atoms with Crippen LogP contribution in [0, 0.1) is 29.1 Å². The van der Waals surface area contributed by atoms with Crippen molar-refractivity contribution in [1.29, 1.82) is 5.26 Å². The van der Waals surface area contributed by atoms with Crippen molar-refractivity contribution in [3.63, 3.8) is 0 Å². The van der Waals surface area contributed by atoms with Crippen molar-refractivity contribution in [3.8, 4) is 12.1 Å². The summed E-state index contributed by atoms with van der Waals surface area (Å²) >= 11 is 0. The number of hydrogen-bond donors (Lipinski definition) is 1. The number of rotatable bonds is 4. The van der Waals surface area contributed by atoms with E-state index in [9.17, 15) is 9.65 Å². The fraction of sp³-hybridized carbons (Fsp3) is 0.700. The highest BCUT2D eigenvalue weighted by atomic mass is 19.1. The van der Waals surface area contributed by atoms with Gasteiger partial charge in [-0.1, -0.05) is 13.0 Å². The molecule has 1 aromatic rings. The Morgan fingerprint density at radius 3 is 2.90 bits per heavy atom. The minimum absolute atomic E-state index is 0.0963. The Labute approximate surface area is 230 Å². The third kappa shape index (κ3) is 3.89. The van der Waals surface area contributed by atoms with Gasteiger partial charge in [0.15, 0.2) is 0 Å². The minimum Gasteiger partial charge on any atom is -0.461 e. The smallest absolute Gasteiger partial charge is 0.318 e. The maximum absolute atomic E-state index is 14.4. The Hall–Kier alpha value is -2.70. The van der Waals surface area contributed by atoms with Gasteiger partial charge in [0.05, 0.1) is 35.1 Å². The van der Waals surface area contributed by atoms with Crippen molar-refractivity contribution < 1.29 is 13.9 Å². The number of ether oxygens (including phenoxy) is 2. The second-order valence-electron chi connectivity index (χ2n) is 12.9. The van der Waals surface area contributed by atoms with Crippen LogP contribution in [-0.2, 0) is 17.8 Å². The van der Waals surface area contributed by atoms with E-state index in [1.54, 1.807) is 0 Å². The molecule has 2 aliphatic carbocycles. The largest absolute Gasteiger partial charge is 0.461 e. The van der Waals surface area contributed by atoms with Crippen molar-refractivity contribution >= 4 is 5.82 Å². The Balaban J connectivity index is 1.24. The fourth-order valence-corrected chi connectivity index (χ4v) is 8.35. The van der Waals surface area contributed by atoms with E-state index in [-0.39, 0.29) is 17.4 Å². The van der Waals surface area contributed by atoms with E-state index >= 15 is 0 Å². The van der Waals surface area contributed by atoms with E-state index in [1.165, 1.54) is 0 Å². The molecule has 7 atom stereocenters. The normalized spacial score (nSPS) is 39.2. The monoisotopic (exact) mass is 534 g/mol. The summed E-state index contributed by atoms with van der Waals surface area (Å²) < 4.78 is 27.5. The molecule has 5 heterocycles. The highest BCUT2D eigenvalue weighted by molar-refractivity contribution is 5.54. The molecule has 4 fully saturated rings. The van der Waals surface area contributed by atoms with Crippen LogP contribution in [0.15, 0.2) is 23.4 Å². The zero-order chi connectivity index (χ0) is 26.9. The summed E-state index contributed by atoms with van der Waals surface area (Å²) in [5.74, 6) is 1.46. The van der Waals surface area contributed by atoms with Crippen molar-refractivity contribution in [2.24, 2.45) is 23.5 Å². The lowest BCUT2D eigenvalue weighted by Gasteiger charge is -2.52. The van der Waals surface area contributed by atoms with Gasteiger partial charge in [0.2, 0.25) is 0 Å². The van der Waals surface area contributed by atoms with E-state index < -0.39 is 11.8 Å². The van der Waals surface area contributed by atoms with Crippen molar-refractivity contribution in [2.75, 3.05) is 31.1 Å². The van der Waals surface area contributed by atoms with E-state index in [0.717, 1.165) is 62.3 Å². The van der Waals surface area contributed by atoms with E-state index in [4.69, 9.17) is 25.2 Å². The Bertz CT molecular complexity index is 1280. The first-order chi connectivity index (χ1) is 18.8.